The van der Waals surface area contributed by atoms with Gasteiger partial charge in [-0.1, -0.05) is 0 Å². The van der Waals surface area contributed by atoms with E-state index in [-0.39, 0.29) is 5.56 Å². The zero-order chi connectivity index (χ0) is 9.14. The van der Waals surface area contributed by atoms with Gasteiger partial charge in [-0.05, 0) is 6.07 Å². The lowest BCUT2D eigenvalue weighted by atomic mass is 10.3. The van der Waals surface area contributed by atoms with Crippen LogP contribution in [-0.4, -0.2) is 11.6 Å². The highest BCUT2D eigenvalue weighted by Gasteiger charge is 2.03. The molecule has 4 heteroatoms. The first-order valence-corrected chi connectivity index (χ1v) is 3.48. The van der Waals surface area contributed by atoms with Gasteiger partial charge < -0.3 is 5.32 Å². The molecular weight excluding hydrogens is 154 g/mol. The summed E-state index contributed by atoms with van der Waals surface area (Å²) in [6, 6.07) is 4.87. The fraction of sp³-hybridized carbons (Fsp3) is 0.250. The first-order valence-electron chi connectivity index (χ1n) is 3.48. The lowest BCUT2D eigenvalue weighted by Gasteiger charge is -2.07. The van der Waals surface area contributed by atoms with Gasteiger partial charge in [-0.3, -0.25) is 9.36 Å². The molecule has 1 N–H and O–H groups in total. The molecule has 4 nitrogen and oxygen atoms in total. The number of hydrogen-bond acceptors (Lipinski definition) is 3. The van der Waals surface area contributed by atoms with Crippen LogP contribution in [0, 0.1) is 11.3 Å². The van der Waals surface area contributed by atoms with Gasteiger partial charge in [-0.2, -0.15) is 5.26 Å². The second-order valence-corrected chi connectivity index (χ2v) is 2.35. The highest BCUT2D eigenvalue weighted by Crippen LogP contribution is 2.08. The molecule has 0 spiro atoms. The minimum atomic E-state index is -0.127. The third-order valence-electron chi connectivity index (χ3n) is 1.67. The van der Waals surface area contributed by atoms with Crippen molar-refractivity contribution in [2.24, 2.45) is 7.05 Å². The van der Waals surface area contributed by atoms with Crippen LogP contribution >= 0.6 is 0 Å². The normalized spacial score (nSPS) is 9.08. The Bertz CT molecular complexity index is 386. The molecule has 0 fully saturated rings. The molecule has 1 aromatic heterocycles. The Kier molecular flexibility index (Phi) is 2.15. The summed E-state index contributed by atoms with van der Waals surface area (Å²) < 4.78 is 1.40. The summed E-state index contributed by atoms with van der Waals surface area (Å²) >= 11 is 0. The summed E-state index contributed by atoms with van der Waals surface area (Å²) in [6.07, 6.45) is 0. The van der Waals surface area contributed by atoms with Crippen LogP contribution in [0.3, 0.4) is 0 Å². The number of anilines is 1. The number of nitriles is 1. The maximum absolute atomic E-state index is 11.1. The number of rotatable bonds is 1. The SMILES string of the molecule is CNc1c(C#N)ccc(=O)n1C. The molecule has 1 heterocycles. The van der Waals surface area contributed by atoms with Crippen molar-refractivity contribution in [3.63, 3.8) is 0 Å². The van der Waals surface area contributed by atoms with Crippen molar-refractivity contribution in [3.8, 4) is 6.07 Å². The minimum absolute atomic E-state index is 0.127. The van der Waals surface area contributed by atoms with E-state index in [1.807, 2.05) is 6.07 Å². The van der Waals surface area contributed by atoms with Crippen molar-refractivity contribution in [3.05, 3.63) is 28.0 Å². The van der Waals surface area contributed by atoms with Gasteiger partial charge in [0.2, 0.25) is 0 Å². The van der Waals surface area contributed by atoms with Crippen molar-refractivity contribution in [2.45, 2.75) is 0 Å². The maximum atomic E-state index is 11.1. The Labute approximate surface area is 70.1 Å². The summed E-state index contributed by atoms with van der Waals surface area (Å²) in [6.45, 7) is 0. The molecule has 62 valence electrons. The number of aromatic nitrogens is 1. The van der Waals surface area contributed by atoms with Crippen LogP contribution < -0.4 is 10.9 Å². The van der Waals surface area contributed by atoms with Gasteiger partial charge in [-0.15, -0.1) is 0 Å². The molecule has 1 rings (SSSR count). The number of nitrogens with one attached hydrogen (secondary N) is 1. The fourth-order valence-corrected chi connectivity index (χ4v) is 1.03. The molecule has 0 unspecified atom stereocenters. The highest BCUT2D eigenvalue weighted by molar-refractivity contribution is 5.51. The predicted molar refractivity (Wildman–Crippen MR) is 45.9 cm³/mol. The standard InChI is InChI=1S/C8H9N3O/c1-10-8-6(5-9)3-4-7(12)11(8)2/h3-4,10H,1-2H3. The molecule has 0 saturated heterocycles. The van der Waals surface area contributed by atoms with E-state index in [9.17, 15) is 4.79 Å². The van der Waals surface area contributed by atoms with Crippen LogP contribution in [0.5, 0.6) is 0 Å². The molecule has 0 radical (unpaired) electrons. The zero-order valence-corrected chi connectivity index (χ0v) is 6.96. The van der Waals surface area contributed by atoms with Crippen molar-refractivity contribution in [1.82, 2.24) is 4.57 Å². The summed E-state index contributed by atoms with van der Waals surface area (Å²) in [7, 11) is 3.30. The van der Waals surface area contributed by atoms with Gasteiger partial charge in [-0.25, -0.2) is 0 Å². The van der Waals surface area contributed by atoms with E-state index in [4.69, 9.17) is 5.26 Å². The monoisotopic (exact) mass is 163 g/mol. The predicted octanol–water partition coefficient (Wildman–Crippen LogP) is 0.299. The third-order valence-corrected chi connectivity index (χ3v) is 1.67. The molecule has 0 saturated carbocycles. The van der Waals surface area contributed by atoms with E-state index in [1.165, 1.54) is 16.7 Å². The number of hydrogen-bond donors (Lipinski definition) is 1. The molecule has 0 bridgehead atoms. The molecule has 0 aromatic carbocycles. The summed E-state index contributed by atoms with van der Waals surface area (Å²) in [5.74, 6) is 0.546. The van der Waals surface area contributed by atoms with Gasteiger partial charge >= 0.3 is 0 Å². The van der Waals surface area contributed by atoms with E-state index < -0.39 is 0 Å². The summed E-state index contributed by atoms with van der Waals surface area (Å²) in [5, 5.41) is 11.5. The molecule has 0 amide bonds. The van der Waals surface area contributed by atoms with Gasteiger partial charge in [0.25, 0.3) is 5.56 Å². The molecule has 12 heavy (non-hydrogen) atoms. The van der Waals surface area contributed by atoms with Crippen molar-refractivity contribution in [2.75, 3.05) is 12.4 Å². The van der Waals surface area contributed by atoms with Crippen LogP contribution in [0.15, 0.2) is 16.9 Å². The Balaban J connectivity index is 3.49. The van der Waals surface area contributed by atoms with Gasteiger partial charge in [0.1, 0.15) is 11.9 Å². The summed E-state index contributed by atoms with van der Waals surface area (Å²) in [5.41, 5.74) is 0.345. The van der Waals surface area contributed by atoms with Crippen LogP contribution in [0.1, 0.15) is 5.56 Å². The maximum Gasteiger partial charge on any atom is 0.251 e. The van der Waals surface area contributed by atoms with Crippen LogP contribution in [0.4, 0.5) is 5.82 Å². The molecular formula is C8H9N3O. The van der Waals surface area contributed by atoms with E-state index >= 15 is 0 Å². The molecule has 1 aromatic rings. The Morgan fingerprint density at radius 1 is 1.58 bits per heavy atom. The van der Waals surface area contributed by atoms with E-state index in [1.54, 1.807) is 14.1 Å². The van der Waals surface area contributed by atoms with E-state index in [0.717, 1.165) is 0 Å². The highest BCUT2D eigenvalue weighted by atomic mass is 16.1. The third kappa shape index (κ3) is 1.17. The number of nitrogens with zero attached hydrogens (tertiary/aromatic N) is 2. The average Bonchev–Trinajstić information content (AvgIpc) is 2.09. The van der Waals surface area contributed by atoms with Gasteiger partial charge in [0.15, 0.2) is 0 Å². The van der Waals surface area contributed by atoms with Gasteiger partial charge in [0, 0.05) is 20.2 Å². The second-order valence-electron chi connectivity index (χ2n) is 2.35. The van der Waals surface area contributed by atoms with Crippen LogP contribution in [0.25, 0.3) is 0 Å². The van der Waals surface area contributed by atoms with E-state index in [0.29, 0.717) is 11.4 Å². The van der Waals surface area contributed by atoms with Crippen LogP contribution in [-0.2, 0) is 7.05 Å². The molecule has 0 aliphatic carbocycles. The molecule has 0 aliphatic heterocycles. The van der Waals surface area contributed by atoms with Crippen molar-refractivity contribution >= 4 is 5.82 Å². The first kappa shape index (κ1) is 8.34. The quantitative estimate of drug-likeness (QED) is 0.647. The average molecular weight is 163 g/mol. The smallest absolute Gasteiger partial charge is 0.251 e. The summed E-state index contributed by atoms with van der Waals surface area (Å²) in [4.78, 5) is 11.1. The Morgan fingerprint density at radius 3 is 2.75 bits per heavy atom. The van der Waals surface area contributed by atoms with Crippen LogP contribution in [0.2, 0.25) is 0 Å². The first-order chi connectivity index (χ1) is 5.70. The van der Waals surface area contributed by atoms with Gasteiger partial charge in [0.05, 0.1) is 5.56 Å². The second kappa shape index (κ2) is 3.09. The Hall–Kier alpha value is -1.76. The lowest BCUT2D eigenvalue weighted by molar-refractivity contribution is 0.864. The molecule has 0 atom stereocenters. The van der Waals surface area contributed by atoms with Crippen molar-refractivity contribution < 1.29 is 0 Å². The minimum Gasteiger partial charge on any atom is -0.373 e. The fourth-order valence-electron chi connectivity index (χ4n) is 1.03. The largest absolute Gasteiger partial charge is 0.373 e. The number of pyridine rings is 1. The zero-order valence-electron chi connectivity index (χ0n) is 6.96. The topological polar surface area (TPSA) is 57.8 Å². The molecule has 0 aliphatic rings. The lowest BCUT2D eigenvalue weighted by Crippen LogP contribution is -2.19. The van der Waals surface area contributed by atoms with Crippen molar-refractivity contribution in [1.29, 1.82) is 5.26 Å². The Morgan fingerprint density at radius 2 is 2.25 bits per heavy atom. The van der Waals surface area contributed by atoms with E-state index in [2.05, 4.69) is 5.32 Å².